The van der Waals surface area contributed by atoms with Crippen LogP contribution in [0.5, 0.6) is 0 Å². The van der Waals surface area contributed by atoms with Crippen LogP contribution in [0.25, 0.3) is 0 Å². The lowest BCUT2D eigenvalue weighted by atomic mass is 9.70. The lowest BCUT2D eigenvalue weighted by Gasteiger charge is -2.43. The second kappa shape index (κ2) is 6.11. The molecule has 0 aromatic carbocycles. The molecule has 112 valence electrons. The van der Waals surface area contributed by atoms with E-state index in [0.29, 0.717) is 17.4 Å². The lowest BCUT2D eigenvalue weighted by molar-refractivity contribution is 0.0856. The second-order valence-corrected chi connectivity index (χ2v) is 7.83. The zero-order valence-electron chi connectivity index (χ0n) is 13.4. The summed E-state index contributed by atoms with van der Waals surface area (Å²) in [5, 5.41) is 0. The fourth-order valence-corrected chi connectivity index (χ4v) is 3.91. The Kier molecular flexibility index (Phi) is 4.91. The fourth-order valence-electron chi connectivity index (χ4n) is 3.91. The first kappa shape index (κ1) is 15.3. The maximum Gasteiger partial charge on any atom is 0.0113 e. The summed E-state index contributed by atoms with van der Waals surface area (Å²) in [7, 11) is 4.42. The highest BCUT2D eigenvalue weighted by Gasteiger charge is 2.34. The highest BCUT2D eigenvalue weighted by molar-refractivity contribution is 4.89. The first-order chi connectivity index (χ1) is 8.87. The Bertz CT molecular complexity index is 280. The fraction of sp³-hybridized carbons (Fsp3) is 1.00. The minimum absolute atomic E-state index is 0.430. The SMILES string of the molecule is CN(C)C1CCN(CC2CC(C)(C)CCC2N)CC1. The van der Waals surface area contributed by atoms with Crippen molar-refractivity contribution in [2.24, 2.45) is 17.1 Å². The molecule has 1 saturated heterocycles. The minimum Gasteiger partial charge on any atom is -0.327 e. The number of rotatable bonds is 3. The summed E-state index contributed by atoms with van der Waals surface area (Å²) >= 11 is 0. The molecule has 0 bridgehead atoms. The average molecular weight is 267 g/mol. The van der Waals surface area contributed by atoms with Gasteiger partial charge in [-0.1, -0.05) is 13.8 Å². The van der Waals surface area contributed by atoms with Crippen molar-refractivity contribution in [1.82, 2.24) is 9.80 Å². The van der Waals surface area contributed by atoms with E-state index in [2.05, 4.69) is 37.7 Å². The van der Waals surface area contributed by atoms with Crippen molar-refractivity contribution >= 4 is 0 Å². The van der Waals surface area contributed by atoms with Gasteiger partial charge < -0.3 is 15.5 Å². The van der Waals surface area contributed by atoms with E-state index in [1.54, 1.807) is 0 Å². The van der Waals surface area contributed by atoms with Crippen LogP contribution in [0.4, 0.5) is 0 Å². The molecule has 2 unspecified atom stereocenters. The molecule has 1 heterocycles. The predicted molar refractivity (Wildman–Crippen MR) is 82.2 cm³/mol. The molecular weight excluding hydrogens is 234 g/mol. The minimum atomic E-state index is 0.430. The molecule has 1 aliphatic heterocycles. The molecule has 2 aliphatic rings. The Morgan fingerprint density at radius 2 is 1.79 bits per heavy atom. The number of likely N-dealkylation sites (tertiary alicyclic amines) is 1. The number of hydrogen-bond donors (Lipinski definition) is 1. The third-order valence-corrected chi connectivity index (χ3v) is 5.35. The van der Waals surface area contributed by atoms with Crippen molar-refractivity contribution in [1.29, 1.82) is 0 Å². The molecule has 2 N–H and O–H groups in total. The standard InChI is InChI=1S/C16H33N3/c1-16(2)8-5-15(17)13(11-16)12-19-9-6-14(7-10-19)18(3)4/h13-15H,5-12,17H2,1-4H3. The molecule has 0 aromatic rings. The third-order valence-electron chi connectivity index (χ3n) is 5.35. The molecule has 2 atom stereocenters. The summed E-state index contributed by atoms with van der Waals surface area (Å²) in [4.78, 5) is 5.04. The van der Waals surface area contributed by atoms with E-state index in [4.69, 9.17) is 5.73 Å². The summed E-state index contributed by atoms with van der Waals surface area (Å²) in [6.07, 6.45) is 6.46. The first-order valence-corrected chi connectivity index (χ1v) is 8.02. The van der Waals surface area contributed by atoms with Gasteiger partial charge >= 0.3 is 0 Å². The number of piperidine rings is 1. The summed E-state index contributed by atoms with van der Waals surface area (Å²) < 4.78 is 0. The van der Waals surface area contributed by atoms with Crippen LogP contribution in [0.1, 0.15) is 46.0 Å². The van der Waals surface area contributed by atoms with Gasteiger partial charge in [0.05, 0.1) is 0 Å². The topological polar surface area (TPSA) is 32.5 Å². The summed E-state index contributed by atoms with van der Waals surface area (Å²) in [6, 6.07) is 1.22. The van der Waals surface area contributed by atoms with Gasteiger partial charge in [-0.2, -0.15) is 0 Å². The van der Waals surface area contributed by atoms with Crippen LogP contribution in [0.3, 0.4) is 0 Å². The van der Waals surface area contributed by atoms with Crippen molar-refractivity contribution in [3.63, 3.8) is 0 Å². The van der Waals surface area contributed by atoms with Gasteiger partial charge in [-0.15, -0.1) is 0 Å². The molecule has 1 aliphatic carbocycles. The van der Waals surface area contributed by atoms with Crippen LogP contribution in [0.15, 0.2) is 0 Å². The van der Waals surface area contributed by atoms with Gasteiger partial charge in [0.1, 0.15) is 0 Å². The van der Waals surface area contributed by atoms with Crippen molar-refractivity contribution in [3.8, 4) is 0 Å². The molecule has 0 radical (unpaired) electrons. The summed E-state index contributed by atoms with van der Waals surface area (Å²) in [5.74, 6) is 0.708. The smallest absolute Gasteiger partial charge is 0.0113 e. The van der Waals surface area contributed by atoms with Crippen LogP contribution in [0.2, 0.25) is 0 Å². The molecular formula is C16H33N3. The largest absolute Gasteiger partial charge is 0.327 e. The highest BCUT2D eigenvalue weighted by Crippen LogP contribution is 2.38. The van der Waals surface area contributed by atoms with Gasteiger partial charge in [-0.05, 0) is 70.6 Å². The van der Waals surface area contributed by atoms with Crippen LogP contribution >= 0.6 is 0 Å². The average Bonchev–Trinajstić information content (AvgIpc) is 2.34. The van der Waals surface area contributed by atoms with Gasteiger partial charge in [0.15, 0.2) is 0 Å². The van der Waals surface area contributed by atoms with E-state index in [-0.39, 0.29) is 0 Å². The van der Waals surface area contributed by atoms with Gasteiger partial charge in [-0.25, -0.2) is 0 Å². The number of hydrogen-bond acceptors (Lipinski definition) is 3. The molecule has 19 heavy (non-hydrogen) atoms. The predicted octanol–water partition coefficient (Wildman–Crippen LogP) is 2.17. The number of nitrogens with two attached hydrogens (primary N) is 1. The van der Waals surface area contributed by atoms with E-state index in [1.165, 1.54) is 51.7 Å². The van der Waals surface area contributed by atoms with E-state index >= 15 is 0 Å². The molecule has 2 fully saturated rings. The zero-order valence-corrected chi connectivity index (χ0v) is 13.4. The van der Waals surface area contributed by atoms with E-state index in [0.717, 1.165) is 6.04 Å². The first-order valence-electron chi connectivity index (χ1n) is 8.02. The molecule has 1 saturated carbocycles. The number of nitrogens with zero attached hydrogens (tertiary/aromatic N) is 2. The van der Waals surface area contributed by atoms with Gasteiger partial charge in [0.25, 0.3) is 0 Å². The van der Waals surface area contributed by atoms with Crippen LogP contribution in [0, 0.1) is 11.3 Å². The quantitative estimate of drug-likeness (QED) is 0.850. The highest BCUT2D eigenvalue weighted by atomic mass is 15.2. The van der Waals surface area contributed by atoms with Gasteiger partial charge in [-0.3, -0.25) is 0 Å². The zero-order chi connectivity index (χ0) is 14.0. The summed E-state index contributed by atoms with van der Waals surface area (Å²) in [6.45, 7) is 8.55. The Morgan fingerprint density at radius 3 is 2.37 bits per heavy atom. The monoisotopic (exact) mass is 267 g/mol. The van der Waals surface area contributed by atoms with Crippen LogP contribution < -0.4 is 5.73 Å². The van der Waals surface area contributed by atoms with Crippen molar-refractivity contribution in [2.75, 3.05) is 33.7 Å². The third kappa shape index (κ3) is 4.17. The molecule has 2 rings (SSSR count). The second-order valence-electron chi connectivity index (χ2n) is 7.83. The normalized spacial score (nSPS) is 33.8. The van der Waals surface area contributed by atoms with Crippen molar-refractivity contribution in [3.05, 3.63) is 0 Å². The van der Waals surface area contributed by atoms with E-state index in [1.807, 2.05) is 0 Å². The maximum atomic E-state index is 6.36. The Balaban J connectivity index is 1.81. The van der Waals surface area contributed by atoms with Crippen LogP contribution in [-0.4, -0.2) is 55.6 Å². The molecule has 3 nitrogen and oxygen atoms in total. The Hall–Kier alpha value is -0.120. The molecule has 3 heteroatoms. The molecule has 0 amide bonds. The van der Waals surface area contributed by atoms with Gasteiger partial charge in [0.2, 0.25) is 0 Å². The lowest BCUT2D eigenvalue weighted by Crippen LogP contribution is -2.48. The Morgan fingerprint density at radius 1 is 1.16 bits per heavy atom. The van der Waals surface area contributed by atoms with Crippen molar-refractivity contribution in [2.45, 2.75) is 58.0 Å². The molecule has 0 aromatic heterocycles. The summed E-state index contributed by atoms with van der Waals surface area (Å²) in [5.41, 5.74) is 6.86. The van der Waals surface area contributed by atoms with E-state index < -0.39 is 0 Å². The molecule has 0 spiro atoms. The van der Waals surface area contributed by atoms with Crippen LogP contribution in [-0.2, 0) is 0 Å². The van der Waals surface area contributed by atoms with Crippen molar-refractivity contribution < 1.29 is 0 Å². The Labute approximate surface area is 119 Å². The maximum absolute atomic E-state index is 6.36. The van der Waals surface area contributed by atoms with E-state index in [9.17, 15) is 0 Å². The van der Waals surface area contributed by atoms with Gasteiger partial charge in [0, 0.05) is 18.6 Å².